The lowest BCUT2D eigenvalue weighted by Gasteiger charge is -2.25. The van der Waals surface area contributed by atoms with Gasteiger partial charge in [-0.2, -0.15) is 0 Å². The molecular formula is C29H35N3O5. The average Bonchev–Trinajstić information content (AvgIpc) is 3.50. The molecule has 0 saturated carbocycles. The van der Waals surface area contributed by atoms with E-state index in [1.54, 1.807) is 18.6 Å². The number of hydrogen-bond donors (Lipinski definition) is 1. The van der Waals surface area contributed by atoms with E-state index in [1.165, 1.54) is 0 Å². The molecule has 0 amide bonds. The number of rotatable bonds is 9. The molecule has 0 fully saturated rings. The van der Waals surface area contributed by atoms with Gasteiger partial charge in [-0.05, 0) is 56.6 Å². The van der Waals surface area contributed by atoms with Crippen molar-refractivity contribution < 1.29 is 19.3 Å². The Hall–Kier alpha value is -3.20. The molecule has 196 valence electrons. The number of aliphatic hydroxyl groups is 1. The van der Waals surface area contributed by atoms with Gasteiger partial charge < -0.3 is 28.8 Å². The summed E-state index contributed by atoms with van der Waals surface area (Å²) in [6, 6.07) is 5.81. The summed E-state index contributed by atoms with van der Waals surface area (Å²) in [6.07, 6.45) is 5.70. The third kappa shape index (κ3) is 4.43. The zero-order valence-electron chi connectivity index (χ0n) is 22.3. The summed E-state index contributed by atoms with van der Waals surface area (Å²) < 4.78 is 18.4. The number of aromatic nitrogens is 2. The van der Waals surface area contributed by atoms with Crippen molar-refractivity contribution in [1.29, 1.82) is 0 Å². The first-order valence-corrected chi connectivity index (χ1v) is 12.9. The van der Waals surface area contributed by atoms with Crippen molar-refractivity contribution in [3.8, 4) is 22.9 Å². The topological polar surface area (TPSA) is 86.1 Å². The molecule has 2 aliphatic heterocycles. The molecule has 37 heavy (non-hydrogen) atoms. The Kier molecular flexibility index (Phi) is 6.83. The van der Waals surface area contributed by atoms with Gasteiger partial charge in [0.1, 0.15) is 0 Å². The van der Waals surface area contributed by atoms with E-state index < -0.39 is 5.60 Å². The lowest BCUT2D eigenvalue weighted by Crippen LogP contribution is -2.31. The molecule has 0 unspecified atom stereocenters. The van der Waals surface area contributed by atoms with Gasteiger partial charge in [0.2, 0.25) is 6.79 Å². The van der Waals surface area contributed by atoms with Crippen molar-refractivity contribution in [2.24, 2.45) is 0 Å². The van der Waals surface area contributed by atoms with E-state index in [2.05, 4.69) is 31.0 Å². The molecule has 0 aliphatic carbocycles. The second-order valence-corrected chi connectivity index (χ2v) is 10.0. The molecule has 0 bridgehead atoms. The Labute approximate surface area is 217 Å². The van der Waals surface area contributed by atoms with Crippen LogP contribution in [0.4, 0.5) is 0 Å². The molecular weight excluding hydrogens is 470 g/mol. The van der Waals surface area contributed by atoms with Crippen molar-refractivity contribution in [2.75, 3.05) is 34.0 Å². The molecule has 8 nitrogen and oxygen atoms in total. The van der Waals surface area contributed by atoms with Gasteiger partial charge in [0.05, 0.1) is 35.7 Å². The molecule has 5 rings (SSSR count). The zero-order valence-corrected chi connectivity index (χ0v) is 22.3. The maximum absolute atomic E-state index is 13.7. The predicted molar refractivity (Wildman–Crippen MR) is 144 cm³/mol. The van der Waals surface area contributed by atoms with Gasteiger partial charge in [-0.25, -0.2) is 4.98 Å². The number of hydrogen-bond acceptors (Lipinski definition) is 7. The van der Waals surface area contributed by atoms with E-state index >= 15 is 0 Å². The van der Waals surface area contributed by atoms with Crippen LogP contribution in [0.25, 0.3) is 28.4 Å². The highest BCUT2D eigenvalue weighted by molar-refractivity contribution is 5.95. The number of fused-ring (bicyclic) bond motifs is 5. The van der Waals surface area contributed by atoms with Gasteiger partial charge in [-0.1, -0.05) is 26.0 Å². The number of nitrogens with zero attached hydrogens (tertiary/aromatic N) is 3. The molecule has 2 aliphatic rings. The number of benzene rings is 1. The summed E-state index contributed by atoms with van der Waals surface area (Å²) in [5.74, 6) is 1.37. The first kappa shape index (κ1) is 25.4. The molecule has 0 radical (unpaired) electrons. The van der Waals surface area contributed by atoms with Crippen LogP contribution in [0.2, 0.25) is 0 Å². The Bertz CT molecular complexity index is 1440. The van der Waals surface area contributed by atoms with E-state index in [-0.39, 0.29) is 19.0 Å². The van der Waals surface area contributed by atoms with Crippen LogP contribution in [0, 0.1) is 0 Å². The van der Waals surface area contributed by atoms with E-state index in [9.17, 15) is 9.90 Å². The molecule has 4 heterocycles. The fourth-order valence-electron chi connectivity index (χ4n) is 5.09. The van der Waals surface area contributed by atoms with Crippen LogP contribution >= 0.6 is 0 Å². The van der Waals surface area contributed by atoms with Gasteiger partial charge >= 0.3 is 0 Å². The van der Waals surface area contributed by atoms with E-state index in [0.717, 1.165) is 47.2 Å². The number of ether oxygens (including phenoxy) is 3. The van der Waals surface area contributed by atoms with Crippen molar-refractivity contribution in [3.05, 3.63) is 56.9 Å². The van der Waals surface area contributed by atoms with E-state index in [4.69, 9.17) is 19.2 Å². The first-order valence-electron chi connectivity index (χ1n) is 12.9. The minimum absolute atomic E-state index is 0.134. The SMILES string of the molecule is CCN(C)CC/C=C/c1c2c(nc3cc4c(cc13)OCO4)-c1cc([C@@](C)(O)CC)c(COC)c(=O)n1C2. The molecule has 0 saturated heterocycles. The highest BCUT2D eigenvalue weighted by Gasteiger charge is 2.33. The summed E-state index contributed by atoms with van der Waals surface area (Å²) in [5, 5.41) is 12.1. The fourth-order valence-corrected chi connectivity index (χ4v) is 5.09. The average molecular weight is 506 g/mol. The maximum atomic E-state index is 13.7. The molecule has 2 aromatic heterocycles. The summed E-state index contributed by atoms with van der Waals surface area (Å²) in [5.41, 5.74) is 4.01. The fraction of sp³-hybridized carbons (Fsp3) is 0.448. The molecule has 1 atom stereocenters. The summed E-state index contributed by atoms with van der Waals surface area (Å²) in [4.78, 5) is 21.0. The number of pyridine rings is 2. The van der Waals surface area contributed by atoms with Crippen LogP contribution in [0.3, 0.4) is 0 Å². The van der Waals surface area contributed by atoms with Crippen molar-refractivity contribution in [3.63, 3.8) is 0 Å². The van der Waals surface area contributed by atoms with E-state index in [0.29, 0.717) is 41.3 Å². The van der Waals surface area contributed by atoms with Crippen molar-refractivity contribution in [1.82, 2.24) is 14.5 Å². The first-order chi connectivity index (χ1) is 17.8. The summed E-state index contributed by atoms with van der Waals surface area (Å²) in [6.45, 7) is 8.47. The van der Waals surface area contributed by atoms with Crippen molar-refractivity contribution >= 4 is 17.0 Å². The van der Waals surface area contributed by atoms with E-state index in [1.807, 2.05) is 25.1 Å². The number of methoxy groups -OCH3 is 1. The van der Waals surface area contributed by atoms with Crippen LogP contribution in [-0.2, 0) is 23.5 Å². The van der Waals surface area contributed by atoms with Crippen LogP contribution in [0.15, 0.2) is 29.1 Å². The van der Waals surface area contributed by atoms with Crippen LogP contribution in [-0.4, -0.2) is 53.6 Å². The summed E-state index contributed by atoms with van der Waals surface area (Å²) in [7, 11) is 3.67. The monoisotopic (exact) mass is 505 g/mol. The predicted octanol–water partition coefficient (Wildman–Crippen LogP) is 4.27. The Morgan fingerprint density at radius 2 is 2.00 bits per heavy atom. The maximum Gasteiger partial charge on any atom is 0.257 e. The minimum Gasteiger partial charge on any atom is -0.454 e. The standard InChI is InChI=1S/C29H35N3O5/c1-6-29(3,34)22-13-24-27-20(15-32(24)28(33)21(22)16-35-5)18(10-8-9-11-31(4)7-2)19-12-25-26(37-17-36-25)14-23(19)30-27/h8,10,12-14,34H,6-7,9,11,15-17H2,1-5H3/b10-8+/t29-/m0/s1. The largest absolute Gasteiger partial charge is 0.454 e. The molecule has 1 aromatic carbocycles. The lowest BCUT2D eigenvalue weighted by molar-refractivity contribution is 0.0495. The van der Waals surface area contributed by atoms with Gasteiger partial charge in [0.15, 0.2) is 11.5 Å². The lowest BCUT2D eigenvalue weighted by atomic mass is 9.89. The highest BCUT2D eigenvalue weighted by Crippen LogP contribution is 2.42. The Morgan fingerprint density at radius 1 is 1.24 bits per heavy atom. The smallest absolute Gasteiger partial charge is 0.257 e. The summed E-state index contributed by atoms with van der Waals surface area (Å²) >= 11 is 0. The third-order valence-corrected chi connectivity index (χ3v) is 7.64. The molecule has 8 heteroatoms. The van der Waals surface area contributed by atoms with Crippen LogP contribution in [0.5, 0.6) is 11.5 Å². The second-order valence-electron chi connectivity index (χ2n) is 10.0. The molecule has 3 aromatic rings. The van der Waals surface area contributed by atoms with Crippen molar-refractivity contribution in [2.45, 2.75) is 52.4 Å². The second kappa shape index (κ2) is 9.93. The molecule has 1 N–H and O–H groups in total. The Balaban J connectivity index is 1.72. The highest BCUT2D eigenvalue weighted by atomic mass is 16.7. The van der Waals surface area contributed by atoms with Gasteiger partial charge in [0.25, 0.3) is 5.56 Å². The molecule has 0 spiro atoms. The Morgan fingerprint density at radius 3 is 2.70 bits per heavy atom. The quantitative estimate of drug-likeness (QED) is 0.364. The van der Waals surface area contributed by atoms with Crippen LogP contribution in [0.1, 0.15) is 55.9 Å². The third-order valence-electron chi connectivity index (χ3n) is 7.64. The van der Waals surface area contributed by atoms with Gasteiger partial charge in [-0.3, -0.25) is 4.79 Å². The zero-order chi connectivity index (χ0) is 26.3. The van der Waals surface area contributed by atoms with Crippen LogP contribution < -0.4 is 15.0 Å². The normalized spacial score (nSPS) is 15.5. The van der Waals surface area contributed by atoms with Gasteiger partial charge in [0, 0.05) is 36.2 Å². The van der Waals surface area contributed by atoms with Gasteiger partial charge in [-0.15, -0.1) is 0 Å². The minimum atomic E-state index is -1.16.